The molecule has 0 aliphatic heterocycles. The number of ether oxygens (including phenoxy) is 1. The van der Waals surface area contributed by atoms with Crippen LogP contribution in [0.5, 0.6) is 5.75 Å². The molecule has 0 atom stereocenters. The first kappa shape index (κ1) is 13.7. The van der Waals surface area contributed by atoms with E-state index in [2.05, 4.69) is 5.10 Å². The molecule has 0 aliphatic rings. The van der Waals surface area contributed by atoms with Crippen LogP contribution >= 0.6 is 7.14 Å². The number of hydrogen-bond acceptors (Lipinski definition) is 4. The van der Waals surface area contributed by atoms with Gasteiger partial charge in [0.15, 0.2) is 5.75 Å². The molecule has 0 aliphatic carbocycles. The Hall–Kier alpha value is -1.74. The van der Waals surface area contributed by atoms with E-state index in [0.717, 1.165) is 11.0 Å². The second kappa shape index (κ2) is 4.74. The van der Waals surface area contributed by atoms with E-state index in [1.807, 2.05) is 18.2 Å². The number of hydrogen-bond donors (Lipinski definition) is 1. The first-order valence-corrected chi connectivity index (χ1v) is 8.47. The number of benzene rings is 1. The summed E-state index contributed by atoms with van der Waals surface area (Å²) >= 11 is 0. The number of nitrogens with zero attached hydrogens (tertiary/aromatic N) is 2. The lowest BCUT2D eigenvalue weighted by atomic mass is 10.1. The zero-order valence-corrected chi connectivity index (χ0v) is 12.4. The van der Waals surface area contributed by atoms with Crippen molar-refractivity contribution < 1.29 is 9.30 Å². The summed E-state index contributed by atoms with van der Waals surface area (Å²) in [7, 11) is 1.000. The fourth-order valence-electron chi connectivity index (χ4n) is 2.08. The molecule has 0 bridgehead atoms. The number of para-hydroxylation sites is 1. The molecular weight excluding hydrogens is 261 g/mol. The molecule has 1 aromatic carbocycles. The number of nitrogens with two attached hydrogens (primary N) is 1. The van der Waals surface area contributed by atoms with Gasteiger partial charge in [0, 0.05) is 12.6 Å². The van der Waals surface area contributed by atoms with Crippen LogP contribution in [0, 0.1) is 0 Å². The zero-order chi connectivity index (χ0) is 14.2. The summed E-state index contributed by atoms with van der Waals surface area (Å²) in [5.74, 6) is 0.592. The molecule has 2 rings (SSSR count). The normalized spacial score (nSPS) is 11.6. The third kappa shape index (κ3) is 2.51. The lowest BCUT2D eigenvalue weighted by Gasteiger charge is -2.08. The number of aromatic nitrogens is 2. The molecule has 1 heterocycles. The van der Waals surface area contributed by atoms with Gasteiger partial charge in [0.2, 0.25) is 0 Å². The van der Waals surface area contributed by atoms with Crippen LogP contribution in [0.3, 0.4) is 0 Å². The van der Waals surface area contributed by atoms with Gasteiger partial charge in [-0.15, -0.1) is 0 Å². The molecule has 6 heteroatoms. The molecule has 0 unspecified atom stereocenters. The monoisotopic (exact) mass is 279 g/mol. The largest absolute Gasteiger partial charge is 0.494 e. The summed E-state index contributed by atoms with van der Waals surface area (Å²) in [5, 5.41) is 4.41. The first-order chi connectivity index (χ1) is 8.84. The smallest absolute Gasteiger partial charge is 0.151 e. The summed E-state index contributed by atoms with van der Waals surface area (Å²) in [6, 6.07) is 7.34. The minimum atomic E-state index is -2.36. The van der Waals surface area contributed by atoms with Crippen LogP contribution in [0.15, 0.2) is 24.3 Å². The Bertz CT molecular complexity index is 658. The van der Waals surface area contributed by atoms with E-state index in [-0.39, 0.29) is 0 Å². The first-order valence-electron chi connectivity index (χ1n) is 5.87. The highest BCUT2D eigenvalue weighted by atomic mass is 31.2. The van der Waals surface area contributed by atoms with Crippen molar-refractivity contribution in [1.29, 1.82) is 0 Å². The molecule has 0 saturated carbocycles. The summed E-state index contributed by atoms with van der Waals surface area (Å²) in [5.41, 5.74) is 8.69. The number of rotatable bonds is 3. The molecule has 0 amide bonds. The van der Waals surface area contributed by atoms with Gasteiger partial charge >= 0.3 is 0 Å². The fraction of sp³-hybridized carbons (Fsp3) is 0.308. The average molecular weight is 279 g/mol. The third-order valence-electron chi connectivity index (χ3n) is 2.93. The zero-order valence-electron chi connectivity index (χ0n) is 11.5. The molecule has 0 radical (unpaired) electrons. The minimum absolute atomic E-state index is 0.559. The third-order valence-corrected chi connectivity index (χ3v) is 4.45. The predicted octanol–water partition coefficient (Wildman–Crippen LogP) is 1.93. The van der Waals surface area contributed by atoms with Gasteiger partial charge in [0.25, 0.3) is 0 Å². The minimum Gasteiger partial charge on any atom is -0.494 e. The van der Waals surface area contributed by atoms with E-state index in [4.69, 9.17) is 10.5 Å². The van der Waals surface area contributed by atoms with Gasteiger partial charge in [-0.1, -0.05) is 6.07 Å². The van der Waals surface area contributed by atoms with E-state index < -0.39 is 7.14 Å². The Balaban J connectivity index is 2.61. The van der Waals surface area contributed by atoms with Crippen molar-refractivity contribution in [3.63, 3.8) is 0 Å². The van der Waals surface area contributed by atoms with Crippen LogP contribution < -0.4 is 15.9 Å². The Kier molecular flexibility index (Phi) is 3.42. The molecule has 0 saturated heterocycles. The highest BCUT2D eigenvalue weighted by Gasteiger charge is 2.20. The van der Waals surface area contributed by atoms with E-state index >= 15 is 0 Å². The number of anilines is 1. The highest BCUT2D eigenvalue weighted by molar-refractivity contribution is 7.69. The molecule has 0 spiro atoms. The van der Waals surface area contributed by atoms with Gasteiger partial charge in [-0.3, -0.25) is 4.68 Å². The Morgan fingerprint density at radius 2 is 2.05 bits per heavy atom. The van der Waals surface area contributed by atoms with E-state index in [1.54, 1.807) is 38.2 Å². The number of aryl methyl sites for hydroxylation is 1. The van der Waals surface area contributed by atoms with Gasteiger partial charge in [-0.05, 0) is 31.5 Å². The molecule has 2 N–H and O–H groups in total. The van der Waals surface area contributed by atoms with E-state index in [9.17, 15) is 4.57 Å². The van der Waals surface area contributed by atoms with Crippen molar-refractivity contribution in [2.24, 2.45) is 7.05 Å². The Morgan fingerprint density at radius 3 is 2.58 bits per heavy atom. The van der Waals surface area contributed by atoms with Crippen LogP contribution in [0.25, 0.3) is 11.3 Å². The van der Waals surface area contributed by atoms with Gasteiger partial charge in [0.05, 0.1) is 23.9 Å². The van der Waals surface area contributed by atoms with E-state index in [0.29, 0.717) is 17.1 Å². The molecule has 1 aromatic heterocycles. The summed E-state index contributed by atoms with van der Waals surface area (Å²) in [6.45, 7) is 3.45. The second-order valence-corrected chi connectivity index (χ2v) is 7.95. The van der Waals surface area contributed by atoms with Crippen molar-refractivity contribution >= 4 is 18.3 Å². The highest BCUT2D eigenvalue weighted by Crippen LogP contribution is 2.38. The topological polar surface area (TPSA) is 70.1 Å². The van der Waals surface area contributed by atoms with Crippen LogP contribution in [-0.2, 0) is 11.6 Å². The summed E-state index contributed by atoms with van der Waals surface area (Å²) in [6.07, 6.45) is 0. The van der Waals surface area contributed by atoms with Crippen LogP contribution in [0.2, 0.25) is 0 Å². The maximum absolute atomic E-state index is 12.2. The van der Waals surface area contributed by atoms with Crippen molar-refractivity contribution in [1.82, 2.24) is 9.78 Å². The Labute approximate surface area is 112 Å². The van der Waals surface area contributed by atoms with E-state index in [1.165, 1.54) is 0 Å². The fourth-order valence-corrected chi connectivity index (χ4v) is 3.25. The van der Waals surface area contributed by atoms with Gasteiger partial charge in [-0.2, -0.15) is 5.10 Å². The predicted molar refractivity (Wildman–Crippen MR) is 78.7 cm³/mol. The van der Waals surface area contributed by atoms with Gasteiger partial charge < -0.3 is 15.0 Å². The maximum atomic E-state index is 12.2. The van der Waals surface area contributed by atoms with Crippen molar-refractivity contribution in [2.45, 2.75) is 0 Å². The van der Waals surface area contributed by atoms with Gasteiger partial charge in [-0.25, -0.2) is 0 Å². The lowest BCUT2D eigenvalue weighted by Crippen LogP contribution is -2.13. The SMILES string of the molecule is COc1c(N)cccc1-c1cc(P(C)(C)=O)n(C)n1. The number of methoxy groups -OCH3 is 1. The molecular formula is C13H18N3O2P. The molecule has 19 heavy (non-hydrogen) atoms. The van der Waals surface area contributed by atoms with Crippen molar-refractivity contribution in [3.8, 4) is 17.0 Å². The summed E-state index contributed by atoms with van der Waals surface area (Å²) < 4.78 is 19.2. The van der Waals surface area contributed by atoms with Crippen LogP contribution in [-0.4, -0.2) is 30.2 Å². The second-order valence-electron chi connectivity index (χ2n) is 4.79. The molecule has 5 nitrogen and oxygen atoms in total. The number of nitrogen functional groups attached to an aromatic ring is 1. The summed E-state index contributed by atoms with van der Waals surface area (Å²) in [4.78, 5) is 0. The molecule has 102 valence electrons. The van der Waals surface area contributed by atoms with Crippen molar-refractivity contribution in [2.75, 3.05) is 26.2 Å². The lowest BCUT2D eigenvalue weighted by molar-refractivity contribution is 0.418. The van der Waals surface area contributed by atoms with Gasteiger partial charge in [0.1, 0.15) is 7.14 Å². The van der Waals surface area contributed by atoms with Crippen molar-refractivity contribution in [3.05, 3.63) is 24.3 Å². The molecule has 2 aromatic rings. The van der Waals surface area contributed by atoms with Crippen LogP contribution in [0.1, 0.15) is 0 Å². The quantitative estimate of drug-likeness (QED) is 0.688. The molecule has 0 fully saturated rings. The standard InChI is InChI=1S/C13H18N3O2P/c1-16-12(19(3,4)17)8-11(15-16)9-6-5-7-10(14)13(9)18-2/h5-8H,14H2,1-4H3. The average Bonchev–Trinajstić information content (AvgIpc) is 2.70. The van der Waals surface area contributed by atoms with Crippen LogP contribution in [0.4, 0.5) is 5.69 Å². The Morgan fingerprint density at radius 1 is 1.37 bits per heavy atom. The maximum Gasteiger partial charge on any atom is 0.151 e.